The Balaban J connectivity index is 1.57. The third-order valence-corrected chi connectivity index (χ3v) is 5.26. The molecule has 4 nitrogen and oxygen atoms in total. The molecule has 0 radical (unpaired) electrons. The number of benzene rings is 2. The standard InChI is InChI=1S/C23H28N2O2/c1-17(24-22(26)15-18-9-4-2-5-10-18)20-13-8-14-21(16-20)25-23(27)19-11-6-3-7-12-19/h3,6-8,11-14,16-18H,2,4-5,9-10,15H2,1H3,(H,24,26)(H,25,27). The van der Waals surface area contributed by atoms with E-state index in [1.165, 1.54) is 32.1 Å². The number of carbonyl (C=O) groups is 2. The number of rotatable bonds is 6. The summed E-state index contributed by atoms with van der Waals surface area (Å²) in [7, 11) is 0. The molecule has 1 aliphatic rings. The summed E-state index contributed by atoms with van der Waals surface area (Å²) in [5, 5.41) is 6.02. The first kappa shape index (κ1) is 19.2. The van der Waals surface area contributed by atoms with Crippen molar-refractivity contribution in [1.82, 2.24) is 5.32 Å². The fourth-order valence-electron chi connectivity index (χ4n) is 3.72. The minimum atomic E-state index is -0.137. The van der Waals surface area contributed by atoms with E-state index < -0.39 is 0 Å². The van der Waals surface area contributed by atoms with Crippen molar-refractivity contribution in [2.24, 2.45) is 5.92 Å². The topological polar surface area (TPSA) is 58.2 Å². The molecule has 1 aliphatic carbocycles. The van der Waals surface area contributed by atoms with Crippen LogP contribution in [0.25, 0.3) is 0 Å². The number of carbonyl (C=O) groups excluding carboxylic acids is 2. The molecule has 2 aromatic rings. The van der Waals surface area contributed by atoms with Crippen LogP contribution in [0.3, 0.4) is 0 Å². The Bertz CT molecular complexity index is 767. The van der Waals surface area contributed by atoms with Gasteiger partial charge >= 0.3 is 0 Å². The smallest absolute Gasteiger partial charge is 0.255 e. The van der Waals surface area contributed by atoms with Crippen LogP contribution < -0.4 is 10.6 Å². The zero-order valence-electron chi connectivity index (χ0n) is 15.9. The van der Waals surface area contributed by atoms with Crippen molar-refractivity contribution in [3.8, 4) is 0 Å². The van der Waals surface area contributed by atoms with Crippen molar-refractivity contribution in [2.75, 3.05) is 5.32 Å². The van der Waals surface area contributed by atoms with Gasteiger partial charge in [-0.2, -0.15) is 0 Å². The molecule has 1 fully saturated rings. The summed E-state index contributed by atoms with van der Waals surface area (Å²) in [5.41, 5.74) is 2.34. The van der Waals surface area contributed by atoms with Crippen molar-refractivity contribution in [1.29, 1.82) is 0 Å². The molecule has 0 spiro atoms. The van der Waals surface area contributed by atoms with Gasteiger partial charge in [-0.3, -0.25) is 9.59 Å². The van der Waals surface area contributed by atoms with E-state index in [0.29, 0.717) is 17.9 Å². The number of amides is 2. The Labute approximate surface area is 161 Å². The van der Waals surface area contributed by atoms with Gasteiger partial charge in [0.25, 0.3) is 5.91 Å². The van der Waals surface area contributed by atoms with Crippen LogP contribution in [-0.4, -0.2) is 11.8 Å². The van der Waals surface area contributed by atoms with E-state index in [2.05, 4.69) is 10.6 Å². The molecule has 0 aliphatic heterocycles. The SMILES string of the molecule is CC(NC(=O)CC1CCCCC1)c1cccc(NC(=O)c2ccccc2)c1. The molecule has 1 saturated carbocycles. The summed E-state index contributed by atoms with van der Waals surface area (Å²) in [4.78, 5) is 24.7. The van der Waals surface area contributed by atoms with Gasteiger partial charge in [0, 0.05) is 17.7 Å². The molecule has 2 N–H and O–H groups in total. The van der Waals surface area contributed by atoms with E-state index in [1.54, 1.807) is 12.1 Å². The Hall–Kier alpha value is -2.62. The van der Waals surface area contributed by atoms with Gasteiger partial charge in [0.15, 0.2) is 0 Å². The largest absolute Gasteiger partial charge is 0.350 e. The molecular formula is C23H28N2O2. The highest BCUT2D eigenvalue weighted by molar-refractivity contribution is 6.04. The highest BCUT2D eigenvalue weighted by Crippen LogP contribution is 2.26. The molecule has 4 heteroatoms. The number of hydrogen-bond acceptors (Lipinski definition) is 2. The number of nitrogens with one attached hydrogen (secondary N) is 2. The minimum Gasteiger partial charge on any atom is -0.350 e. The molecule has 1 atom stereocenters. The van der Waals surface area contributed by atoms with Crippen molar-refractivity contribution in [3.63, 3.8) is 0 Å². The third kappa shape index (κ3) is 5.68. The summed E-state index contributed by atoms with van der Waals surface area (Å²) in [6.45, 7) is 1.98. The number of hydrogen-bond donors (Lipinski definition) is 2. The quantitative estimate of drug-likeness (QED) is 0.750. The van der Waals surface area contributed by atoms with Crippen LogP contribution in [0.1, 0.15) is 67.4 Å². The molecule has 27 heavy (non-hydrogen) atoms. The maximum atomic E-state index is 12.4. The highest BCUT2D eigenvalue weighted by Gasteiger charge is 2.18. The lowest BCUT2D eigenvalue weighted by molar-refractivity contribution is -0.122. The number of anilines is 1. The van der Waals surface area contributed by atoms with Gasteiger partial charge in [-0.25, -0.2) is 0 Å². The van der Waals surface area contributed by atoms with Crippen LogP contribution in [0, 0.1) is 5.92 Å². The molecule has 1 unspecified atom stereocenters. The van der Waals surface area contributed by atoms with Crippen LogP contribution >= 0.6 is 0 Å². The van der Waals surface area contributed by atoms with E-state index in [0.717, 1.165) is 11.3 Å². The fraction of sp³-hybridized carbons (Fsp3) is 0.391. The Morgan fingerprint density at radius 2 is 1.74 bits per heavy atom. The zero-order chi connectivity index (χ0) is 19.1. The van der Waals surface area contributed by atoms with E-state index in [-0.39, 0.29) is 17.9 Å². The van der Waals surface area contributed by atoms with E-state index in [9.17, 15) is 9.59 Å². The van der Waals surface area contributed by atoms with Gasteiger partial charge < -0.3 is 10.6 Å². The Morgan fingerprint density at radius 3 is 2.48 bits per heavy atom. The summed E-state index contributed by atoms with van der Waals surface area (Å²) < 4.78 is 0. The predicted molar refractivity (Wildman–Crippen MR) is 109 cm³/mol. The molecule has 0 heterocycles. The predicted octanol–water partition coefficient (Wildman–Crippen LogP) is 5.09. The van der Waals surface area contributed by atoms with Gasteiger partial charge in [0.2, 0.25) is 5.91 Å². The molecule has 0 bridgehead atoms. The fourth-order valence-corrected chi connectivity index (χ4v) is 3.72. The van der Waals surface area contributed by atoms with Gasteiger partial charge in [0.05, 0.1) is 6.04 Å². The first-order valence-electron chi connectivity index (χ1n) is 9.87. The van der Waals surface area contributed by atoms with E-state index in [4.69, 9.17) is 0 Å². The molecule has 2 amide bonds. The first-order valence-corrected chi connectivity index (χ1v) is 9.87. The molecular weight excluding hydrogens is 336 g/mol. The Kier molecular flexibility index (Phi) is 6.64. The van der Waals surface area contributed by atoms with Gasteiger partial charge in [0.1, 0.15) is 0 Å². The maximum Gasteiger partial charge on any atom is 0.255 e. The van der Waals surface area contributed by atoms with Crippen LogP contribution in [0.2, 0.25) is 0 Å². The van der Waals surface area contributed by atoms with Crippen molar-refractivity contribution in [2.45, 2.75) is 51.5 Å². The average molecular weight is 364 g/mol. The van der Waals surface area contributed by atoms with Crippen molar-refractivity contribution >= 4 is 17.5 Å². The van der Waals surface area contributed by atoms with E-state index >= 15 is 0 Å². The lowest BCUT2D eigenvalue weighted by Crippen LogP contribution is -2.29. The normalized spacial score (nSPS) is 15.7. The molecule has 3 rings (SSSR count). The highest BCUT2D eigenvalue weighted by atomic mass is 16.2. The van der Waals surface area contributed by atoms with Crippen LogP contribution in [0.5, 0.6) is 0 Å². The Morgan fingerprint density at radius 1 is 1.00 bits per heavy atom. The van der Waals surface area contributed by atoms with Gasteiger partial charge in [-0.1, -0.05) is 49.6 Å². The monoisotopic (exact) mass is 364 g/mol. The lowest BCUT2D eigenvalue weighted by atomic mass is 9.87. The summed E-state index contributed by atoms with van der Waals surface area (Å²) >= 11 is 0. The summed E-state index contributed by atoms with van der Waals surface area (Å²) in [6, 6.07) is 16.7. The second-order valence-corrected chi connectivity index (χ2v) is 7.44. The first-order chi connectivity index (χ1) is 13.1. The molecule has 0 aromatic heterocycles. The van der Waals surface area contributed by atoms with Crippen LogP contribution in [0.15, 0.2) is 54.6 Å². The molecule has 0 saturated heterocycles. The lowest BCUT2D eigenvalue weighted by Gasteiger charge is -2.22. The zero-order valence-corrected chi connectivity index (χ0v) is 15.9. The second kappa shape index (κ2) is 9.36. The summed E-state index contributed by atoms with van der Waals surface area (Å²) in [6.07, 6.45) is 6.75. The third-order valence-electron chi connectivity index (χ3n) is 5.26. The van der Waals surface area contributed by atoms with Crippen molar-refractivity contribution < 1.29 is 9.59 Å². The van der Waals surface area contributed by atoms with Gasteiger partial charge in [-0.05, 0) is 55.5 Å². The average Bonchev–Trinajstić information content (AvgIpc) is 2.69. The van der Waals surface area contributed by atoms with Crippen LogP contribution in [0.4, 0.5) is 5.69 Å². The van der Waals surface area contributed by atoms with Gasteiger partial charge in [-0.15, -0.1) is 0 Å². The summed E-state index contributed by atoms with van der Waals surface area (Å²) in [5.74, 6) is 0.511. The minimum absolute atomic E-state index is 0.0883. The molecule has 2 aromatic carbocycles. The second-order valence-electron chi connectivity index (χ2n) is 7.44. The van der Waals surface area contributed by atoms with Crippen molar-refractivity contribution in [3.05, 3.63) is 65.7 Å². The maximum absolute atomic E-state index is 12.4. The molecule has 142 valence electrons. The van der Waals surface area contributed by atoms with Crippen LogP contribution in [-0.2, 0) is 4.79 Å². The van der Waals surface area contributed by atoms with E-state index in [1.807, 2.05) is 49.4 Å².